The molecule has 0 unspecified atom stereocenters. The van der Waals surface area contributed by atoms with Crippen molar-refractivity contribution in [2.45, 2.75) is 51.6 Å². The van der Waals surface area contributed by atoms with Crippen molar-refractivity contribution in [2.75, 3.05) is 19.6 Å². The lowest BCUT2D eigenvalue weighted by molar-refractivity contribution is 0.0776. The molecule has 2 heteroatoms. The molecular weight excluding hydrogens is 172 g/mol. The van der Waals surface area contributed by atoms with Gasteiger partial charge in [0.2, 0.25) is 0 Å². The summed E-state index contributed by atoms with van der Waals surface area (Å²) in [5, 5.41) is 3.68. The van der Waals surface area contributed by atoms with E-state index in [9.17, 15) is 0 Å². The summed E-state index contributed by atoms with van der Waals surface area (Å²) in [7, 11) is 0. The maximum Gasteiger partial charge on any atom is 0.0250 e. The molecule has 0 radical (unpaired) electrons. The summed E-state index contributed by atoms with van der Waals surface area (Å²) in [5.74, 6) is 0.815. The van der Waals surface area contributed by atoms with Crippen LogP contribution in [-0.2, 0) is 0 Å². The molecule has 14 heavy (non-hydrogen) atoms. The smallest absolute Gasteiger partial charge is 0.0250 e. The van der Waals surface area contributed by atoms with E-state index in [0.717, 1.165) is 18.0 Å². The van der Waals surface area contributed by atoms with Crippen LogP contribution in [0.2, 0.25) is 0 Å². The monoisotopic (exact) mass is 196 g/mol. The number of piperazine rings is 1. The Labute approximate surface area is 88.1 Å². The molecule has 82 valence electrons. The van der Waals surface area contributed by atoms with Crippen LogP contribution in [0.25, 0.3) is 0 Å². The van der Waals surface area contributed by atoms with Crippen molar-refractivity contribution in [2.24, 2.45) is 5.92 Å². The molecule has 0 spiro atoms. The molecule has 1 saturated carbocycles. The summed E-state index contributed by atoms with van der Waals surface area (Å²) in [5.41, 5.74) is 0. The van der Waals surface area contributed by atoms with E-state index in [2.05, 4.69) is 24.1 Å². The second-order valence-corrected chi connectivity index (χ2v) is 5.30. The first kappa shape index (κ1) is 10.4. The molecule has 2 atom stereocenters. The third kappa shape index (κ3) is 2.29. The molecule has 0 aromatic carbocycles. The van der Waals surface area contributed by atoms with Crippen LogP contribution in [0, 0.1) is 5.92 Å². The van der Waals surface area contributed by atoms with Crippen molar-refractivity contribution in [3.8, 4) is 0 Å². The van der Waals surface area contributed by atoms with Crippen molar-refractivity contribution in [3.63, 3.8) is 0 Å². The first-order valence-electron chi connectivity index (χ1n) is 6.25. The Kier molecular flexibility index (Phi) is 3.45. The molecule has 2 aliphatic rings. The predicted molar refractivity (Wildman–Crippen MR) is 60.5 cm³/mol. The predicted octanol–water partition coefficient (Wildman–Crippen LogP) is 1.86. The number of hydrogen-bond acceptors (Lipinski definition) is 2. The van der Waals surface area contributed by atoms with Gasteiger partial charge in [-0.15, -0.1) is 0 Å². The van der Waals surface area contributed by atoms with E-state index in [1.807, 2.05) is 0 Å². The maximum absolute atomic E-state index is 3.68. The average molecular weight is 196 g/mol. The molecule has 1 aliphatic heterocycles. The summed E-state index contributed by atoms with van der Waals surface area (Å²) in [6.07, 6.45) is 5.70. The number of nitrogens with zero attached hydrogens (tertiary/aromatic N) is 1. The zero-order chi connectivity index (χ0) is 9.97. The lowest BCUT2D eigenvalue weighted by Gasteiger charge is -2.45. The SMILES string of the molecule is CC(C)CN1CCN[C@@H]2CCCC[C@@H]21. The Morgan fingerprint density at radius 3 is 2.86 bits per heavy atom. The lowest BCUT2D eigenvalue weighted by Crippen LogP contribution is -2.59. The van der Waals surface area contributed by atoms with Gasteiger partial charge in [0.1, 0.15) is 0 Å². The van der Waals surface area contributed by atoms with E-state index in [1.54, 1.807) is 0 Å². The number of nitrogens with one attached hydrogen (secondary N) is 1. The molecule has 0 aromatic rings. The van der Waals surface area contributed by atoms with Crippen molar-refractivity contribution < 1.29 is 0 Å². The van der Waals surface area contributed by atoms with Crippen LogP contribution < -0.4 is 5.32 Å². The van der Waals surface area contributed by atoms with Crippen molar-refractivity contribution >= 4 is 0 Å². The fourth-order valence-corrected chi connectivity index (χ4v) is 3.04. The molecule has 1 N–H and O–H groups in total. The van der Waals surface area contributed by atoms with E-state index in [-0.39, 0.29) is 0 Å². The van der Waals surface area contributed by atoms with Gasteiger partial charge in [0.05, 0.1) is 0 Å². The minimum absolute atomic E-state index is 0.802. The van der Waals surface area contributed by atoms with Gasteiger partial charge in [0.15, 0.2) is 0 Å². The first-order chi connectivity index (χ1) is 6.77. The minimum atomic E-state index is 0.802. The van der Waals surface area contributed by atoms with Gasteiger partial charge in [0, 0.05) is 31.7 Å². The number of rotatable bonds is 2. The Hall–Kier alpha value is -0.0800. The zero-order valence-electron chi connectivity index (χ0n) is 9.63. The standard InChI is InChI=1S/C12H24N2/c1-10(2)9-14-8-7-13-11-5-3-4-6-12(11)14/h10-13H,3-9H2,1-2H3/t11-,12+/m1/s1. The van der Waals surface area contributed by atoms with Gasteiger partial charge in [-0.25, -0.2) is 0 Å². The highest BCUT2D eigenvalue weighted by Gasteiger charge is 2.32. The molecule has 1 aliphatic carbocycles. The van der Waals surface area contributed by atoms with E-state index < -0.39 is 0 Å². The van der Waals surface area contributed by atoms with Crippen molar-refractivity contribution in [1.29, 1.82) is 0 Å². The quantitative estimate of drug-likeness (QED) is 0.725. The Morgan fingerprint density at radius 1 is 1.29 bits per heavy atom. The van der Waals surface area contributed by atoms with Gasteiger partial charge in [-0.2, -0.15) is 0 Å². The topological polar surface area (TPSA) is 15.3 Å². The molecule has 2 nitrogen and oxygen atoms in total. The molecule has 1 saturated heterocycles. The Morgan fingerprint density at radius 2 is 2.07 bits per heavy atom. The van der Waals surface area contributed by atoms with Crippen molar-refractivity contribution in [3.05, 3.63) is 0 Å². The van der Waals surface area contributed by atoms with Crippen molar-refractivity contribution in [1.82, 2.24) is 10.2 Å². The molecule has 0 amide bonds. The first-order valence-corrected chi connectivity index (χ1v) is 6.25. The van der Waals surface area contributed by atoms with E-state index in [1.165, 1.54) is 45.3 Å². The summed E-state index contributed by atoms with van der Waals surface area (Å²) >= 11 is 0. The third-order valence-corrected chi connectivity index (χ3v) is 3.60. The van der Waals surface area contributed by atoms with Crippen LogP contribution in [0.15, 0.2) is 0 Å². The fraction of sp³-hybridized carbons (Fsp3) is 1.00. The fourth-order valence-electron chi connectivity index (χ4n) is 3.04. The molecule has 0 aromatic heterocycles. The van der Waals surface area contributed by atoms with Crippen LogP contribution in [-0.4, -0.2) is 36.6 Å². The largest absolute Gasteiger partial charge is 0.311 e. The van der Waals surface area contributed by atoms with Crippen LogP contribution >= 0.6 is 0 Å². The van der Waals surface area contributed by atoms with E-state index in [4.69, 9.17) is 0 Å². The molecular formula is C12H24N2. The zero-order valence-corrected chi connectivity index (χ0v) is 9.63. The molecule has 2 rings (SSSR count). The Bertz CT molecular complexity index is 177. The summed E-state index contributed by atoms with van der Waals surface area (Å²) in [6.45, 7) is 8.43. The summed E-state index contributed by atoms with van der Waals surface area (Å²) < 4.78 is 0. The van der Waals surface area contributed by atoms with Crippen LogP contribution in [0.1, 0.15) is 39.5 Å². The second kappa shape index (κ2) is 4.63. The average Bonchev–Trinajstić information content (AvgIpc) is 2.18. The number of hydrogen-bond donors (Lipinski definition) is 1. The lowest BCUT2D eigenvalue weighted by atomic mass is 9.87. The van der Waals surface area contributed by atoms with E-state index >= 15 is 0 Å². The van der Waals surface area contributed by atoms with Gasteiger partial charge in [0.25, 0.3) is 0 Å². The van der Waals surface area contributed by atoms with Gasteiger partial charge in [-0.1, -0.05) is 26.7 Å². The Balaban J connectivity index is 1.94. The van der Waals surface area contributed by atoms with Gasteiger partial charge >= 0.3 is 0 Å². The highest BCUT2D eigenvalue weighted by Crippen LogP contribution is 2.25. The van der Waals surface area contributed by atoms with E-state index in [0.29, 0.717) is 0 Å². The maximum atomic E-state index is 3.68. The summed E-state index contributed by atoms with van der Waals surface area (Å²) in [4.78, 5) is 2.73. The van der Waals surface area contributed by atoms with Crippen LogP contribution in [0.4, 0.5) is 0 Å². The molecule has 1 heterocycles. The highest BCUT2D eigenvalue weighted by atomic mass is 15.2. The van der Waals surface area contributed by atoms with Crippen LogP contribution in [0.5, 0.6) is 0 Å². The third-order valence-electron chi connectivity index (χ3n) is 3.60. The van der Waals surface area contributed by atoms with Crippen LogP contribution in [0.3, 0.4) is 0 Å². The van der Waals surface area contributed by atoms with Gasteiger partial charge < -0.3 is 5.32 Å². The highest BCUT2D eigenvalue weighted by molar-refractivity contribution is 4.92. The normalized spacial score (nSPS) is 34.5. The molecule has 0 bridgehead atoms. The molecule has 2 fully saturated rings. The second-order valence-electron chi connectivity index (χ2n) is 5.30. The minimum Gasteiger partial charge on any atom is -0.311 e. The van der Waals surface area contributed by atoms with Gasteiger partial charge in [-0.3, -0.25) is 4.90 Å². The number of fused-ring (bicyclic) bond motifs is 1. The van der Waals surface area contributed by atoms with Gasteiger partial charge in [-0.05, 0) is 18.8 Å². The summed E-state index contributed by atoms with van der Waals surface area (Å²) in [6, 6.07) is 1.65.